The molecule has 6 nitrogen and oxygen atoms in total. The van der Waals surface area contributed by atoms with E-state index in [0.717, 1.165) is 11.1 Å². The lowest BCUT2D eigenvalue weighted by atomic mass is 10.2. The summed E-state index contributed by atoms with van der Waals surface area (Å²) in [5.74, 6) is 0.389. The number of carbonyl (C=O) groups is 2. The van der Waals surface area contributed by atoms with Gasteiger partial charge in [-0.1, -0.05) is 36.4 Å². The zero-order chi connectivity index (χ0) is 22.9. The molecule has 0 saturated carbocycles. The van der Waals surface area contributed by atoms with Crippen molar-refractivity contribution >= 4 is 29.4 Å². The quantitative estimate of drug-likeness (QED) is 0.169. The Morgan fingerprint density at radius 1 is 0.848 bits per heavy atom. The number of nitrogens with one attached hydrogen (secondary N) is 1. The second-order valence-electron chi connectivity index (χ2n) is 6.93. The molecule has 0 aliphatic carbocycles. The Labute approximate surface area is 195 Å². The molecule has 0 radical (unpaired) electrons. The molecule has 0 bridgehead atoms. The van der Waals surface area contributed by atoms with Crippen molar-refractivity contribution in [1.29, 1.82) is 0 Å². The van der Waals surface area contributed by atoms with Crippen molar-refractivity contribution < 1.29 is 19.1 Å². The van der Waals surface area contributed by atoms with E-state index in [9.17, 15) is 9.59 Å². The van der Waals surface area contributed by atoms with E-state index in [0.29, 0.717) is 28.5 Å². The monoisotopic (exact) mass is 456 g/mol. The lowest BCUT2D eigenvalue weighted by Crippen LogP contribution is -2.17. The molecule has 7 heteroatoms. The zero-order valence-corrected chi connectivity index (χ0v) is 18.3. The Hall–Kier alpha value is -4.23. The predicted octanol–water partition coefficient (Wildman–Crippen LogP) is 5.31. The number of amides is 1. The number of thiophene rings is 1. The highest BCUT2D eigenvalue weighted by Gasteiger charge is 2.09. The maximum absolute atomic E-state index is 12.3. The number of rotatable bonds is 8. The molecule has 1 amide bonds. The summed E-state index contributed by atoms with van der Waals surface area (Å²) in [5.41, 5.74) is 4.78. The summed E-state index contributed by atoms with van der Waals surface area (Å²) in [7, 11) is 0. The number of ether oxygens (including phenoxy) is 2. The Bertz CT molecular complexity index is 1220. The number of esters is 1. The fraction of sp³-hybridized carbons (Fsp3) is 0.0385. The van der Waals surface area contributed by atoms with Crippen molar-refractivity contribution in [2.45, 2.75) is 6.61 Å². The van der Waals surface area contributed by atoms with Crippen LogP contribution in [-0.2, 0) is 6.61 Å². The molecular formula is C26H20N2O4S. The molecule has 1 heterocycles. The highest BCUT2D eigenvalue weighted by atomic mass is 32.1. The van der Waals surface area contributed by atoms with E-state index in [1.807, 2.05) is 35.7 Å². The molecule has 0 saturated heterocycles. The molecule has 1 N–H and O–H groups in total. The maximum Gasteiger partial charge on any atom is 0.353 e. The first-order chi connectivity index (χ1) is 16.2. The van der Waals surface area contributed by atoms with E-state index in [-0.39, 0.29) is 5.91 Å². The molecule has 33 heavy (non-hydrogen) atoms. The van der Waals surface area contributed by atoms with Gasteiger partial charge < -0.3 is 9.47 Å². The van der Waals surface area contributed by atoms with Crippen LogP contribution >= 0.6 is 11.3 Å². The molecule has 0 fully saturated rings. The Morgan fingerprint density at radius 2 is 1.58 bits per heavy atom. The number of nitrogens with zero attached hydrogens (tertiary/aromatic N) is 1. The van der Waals surface area contributed by atoms with Crippen molar-refractivity contribution in [3.63, 3.8) is 0 Å². The van der Waals surface area contributed by atoms with E-state index in [1.54, 1.807) is 60.7 Å². The zero-order valence-electron chi connectivity index (χ0n) is 17.5. The smallest absolute Gasteiger partial charge is 0.353 e. The van der Waals surface area contributed by atoms with Crippen LogP contribution in [0.15, 0.2) is 101 Å². The molecule has 0 spiro atoms. The topological polar surface area (TPSA) is 77.0 Å². The number of hydrazone groups is 1. The van der Waals surface area contributed by atoms with Gasteiger partial charge >= 0.3 is 5.97 Å². The third-order valence-corrected chi connectivity index (χ3v) is 5.41. The largest absolute Gasteiger partial charge is 0.489 e. The van der Waals surface area contributed by atoms with E-state index in [2.05, 4.69) is 10.5 Å². The third-order valence-electron chi connectivity index (χ3n) is 4.56. The van der Waals surface area contributed by atoms with Gasteiger partial charge in [0.2, 0.25) is 0 Å². The lowest BCUT2D eigenvalue weighted by Gasteiger charge is -2.07. The molecule has 4 rings (SSSR count). The van der Waals surface area contributed by atoms with Gasteiger partial charge in [-0.05, 0) is 71.1 Å². The van der Waals surface area contributed by atoms with Crippen molar-refractivity contribution in [1.82, 2.24) is 5.43 Å². The molecular weight excluding hydrogens is 436 g/mol. The van der Waals surface area contributed by atoms with Gasteiger partial charge in [-0.2, -0.15) is 5.10 Å². The number of carbonyl (C=O) groups excluding carboxylic acids is 2. The molecule has 4 aromatic rings. The second-order valence-corrected chi connectivity index (χ2v) is 7.88. The summed E-state index contributed by atoms with van der Waals surface area (Å²) < 4.78 is 11.0. The normalized spacial score (nSPS) is 10.7. The number of hydrogen-bond donors (Lipinski definition) is 1. The van der Waals surface area contributed by atoms with Crippen molar-refractivity contribution in [2.24, 2.45) is 5.10 Å². The summed E-state index contributed by atoms with van der Waals surface area (Å²) in [5, 5.41) is 5.80. The predicted molar refractivity (Wildman–Crippen MR) is 128 cm³/mol. The van der Waals surface area contributed by atoms with Crippen LogP contribution in [0.5, 0.6) is 11.5 Å². The SMILES string of the molecule is O=C(N/N=C\c1ccc(OC(=O)c2cccs2)cc1)c1ccc(OCc2ccccc2)cc1. The van der Waals surface area contributed by atoms with Crippen LogP contribution in [-0.4, -0.2) is 18.1 Å². The van der Waals surface area contributed by atoms with Crippen molar-refractivity contribution in [2.75, 3.05) is 0 Å². The molecule has 0 aliphatic rings. The van der Waals surface area contributed by atoms with Gasteiger partial charge in [0.05, 0.1) is 6.21 Å². The molecule has 0 atom stereocenters. The highest BCUT2D eigenvalue weighted by molar-refractivity contribution is 7.12. The first-order valence-corrected chi connectivity index (χ1v) is 11.0. The van der Waals surface area contributed by atoms with Crippen LogP contribution in [0.25, 0.3) is 0 Å². The highest BCUT2D eigenvalue weighted by Crippen LogP contribution is 2.16. The van der Waals surface area contributed by atoms with Crippen LogP contribution in [0.4, 0.5) is 0 Å². The molecule has 0 aliphatic heterocycles. The Kier molecular flexibility index (Phi) is 7.25. The van der Waals surface area contributed by atoms with Gasteiger partial charge in [0.1, 0.15) is 23.0 Å². The first-order valence-electron chi connectivity index (χ1n) is 10.1. The Balaban J connectivity index is 1.25. The van der Waals surface area contributed by atoms with Gasteiger partial charge in [-0.25, -0.2) is 10.2 Å². The maximum atomic E-state index is 12.3. The lowest BCUT2D eigenvalue weighted by molar-refractivity contribution is 0.0739. The fourth-order valence-electron chi connectivity index (χ4n) is 2.85. The minimum Gasteiger partial charge on any atom is -0.489 e. The van der Waals surface area contributed by atoms with Crippen LogP contribution in [0.1, 0.15) is 31.2 Å². The number of hydrogen-bond acceptors (Lipinski definition) is 6. The minimum atomic E-state index is -0.393. The Morgan fingerprint density at radius 3 is 2.27 bits per heavy atom. The molecule has 164 valence electrons. The molecule has 0 unspecified atom stereocenters. The molecule has 3 aromatic carbocycles. The van der Waals surface area contributed by atoms with Crippen LogP contribution in [0.3, 0.4) is 0 Å². The van der Waals surface area contributed by atoms with E-state index < -0.39 is 5.97 Å². The van der Waals surface area contributed by atoms with Gasteiger partial charge in [0.15, 0.2) is 0 Å². The number of benzene rings is 3. The van der Waals surface area contributed by atoms with Gasteiger partial charge in [0, 0.05) is 5.56 Å². The van der Waals surface area contributed by atoms with Crippen LogP contribution < -0.4 is 14.9 Å². The third kappa shape index (κ3) is 6.38. The van der Waals surface area contributed by atoms with Crippen LogP contribution in [0.2, 0.25) is 0 Å². The minimum absolute atomic E-state index is 0.331. The van der Waals surface area contributed by atoms with Crippen LogP contribution in [0, 0.1) is 0 Å². The fourth-order valence-corrected chi connectivity index (χ4v) is 3.45. The summed E-state index contributed by atoms with van der Waals surface area (Å²) in [6.45, 7) is 0.461. The summed E-state index contributed by atoms with van der Waals surface area (Å²) in [4.78, 5) is 24.8. The average molecular weight is 457 g/mol. The summed E-state index contributed by atoms with van der Waals surface area (Å²) >= 11 is 1.32. The van der Waals surface area contributed by atoms with E-state index in [4.69, 9.17) is 9.47 Å². The van der Waals surface area contributed by atoms with Gasteiger partial charge in [0.25, 0.3) is 5.91 Å². The standard InChI is InChI=1S/C26H20N2O4S/c29-25(21-10-14-22(15-11-21)31-18-20-5-2-1-3-6-20)28-27-17-19-8-12-23(13-9-19)32-26(30)24-7-4-16-33-24/h1-17H,18H2,(H,28,29)/b27-17-. The summed E-state index contributed by atoms with van der Waals surface area (Å²) in [6.07, 6.45) is 1.51. The van der Waals surface area contributed by atoms with Crippen molar-refractivity contribution in [3.05, 3.63) is 118 Å². The van der Waals surface area contributed by atoms with Crippen molar-refractivity contribution in [3.8, 4) is 11.5 Å². The first kappa shape index (κ1) is 22.0. The van der Waals surface area contributed by atoms with Gasteiger partial charge in [-0.3, -0.25) is 4.79 Å². The average Bonchev–Trinajstić information content (AvgIpc) is 3.40. The van der Waals surface area contributed by atoms with E-state index >= 15 is 0 Å². The second kappa shape index (κ2) is 10.9. The van der Waals surface area contributed by atoms with E-state index in [1.165, 1.54) is 17.6 Å². The molecule has 1 aromatic heterocycles. The van der Waals surface area contributed by atoms with Gasteiger partial charge in [-0.15, -0.1) is 11.3 Å². The summed E-state index contributed by atoms with van der Waals surface area (Å²) in [6, 6.07) is 27.0.